The van der Waals surface area contributed by atoms with E-state index in [1.54, 1.807) is 0 Å². The molecule has 5 atom stereocenters. The first-order valence-corrected chi connectivity index (χ1v) is 13.0. The molecule has 2 N–H and O–H groups in total. The molecule has 2 aromatic rings. The van der Waals surface area contributed by atoms with Gasteiger partial charge in [-0.2, -0.15) is 0 Å². The van der Waals surface area contributed by atoms with Gasteiger partial charge in [0.1, 0.15) is 6.10 Å². The van der Waals surface area contributed by atoms with Crippen LogP contribution >= 0.6 is 0 Å². The van der Waals surface area contributed by atoms with Crippen molar-refractivity contribution in [3.8, 4) is 0 Å². The van der Waals surface area contributed by atoms with E-state index in [0.717, 1.165) is 30.4 Å². The third-order valence-electron chi connectivity index (χ3n) is 6.65. The van der Waals surface area contributed by atoms with Crippen molar-refractivity contribution in [2.45, 2.75) is 95.5 Å². The summed E-state index contributed by atoms with van der Waals surface area (Å²) in [5.74, 6) is 0. The zero-order valence-corrected chi connectivity index (χ0v) is 20.9. The molecule has 34 heavy (non-hydrogen) atoms. The fourth-order valence-corrected chi connectivity index (χ4v) is 4.69. The number of hydrogen-bond acceptors (Lipinski definition) is 5. The third-order valence-corrected chi connectivity index (χ3v) is 6.65. The van der Waals surface area contributed by atoms with Gasteiger partial charge in [-0.1, -0.05) is 99.7 Å². The topological polar surface area (TPSA) is 60.0 Å². The summed E-state index contributed by atoms with van der Waals surface area (Å²) in [6.07, 6.45) is 6.74. The molecular formula is C29H43NO4. The Morgan fingerprint density at radius 1 is 0.824 bits per heavy atom. The Morgan fingerprint density at radius 2 is 1.41 bits per heavy atom. The molecule has 0 amide bonds. The van der Waals surface area contributed by atoms with Crippen LogP contribution in [0.5, 0.6) is 0 Å². The van der Waals surface area contributed by atoms with E-state index in [1.165, 1.54) is 25.7 Å². The van der Waals surface area contributed by atoms with Gasteiger partial charge >= 0.3 is 0 Å². The molecule has 3 rings (SSSR count). The lowest BCUT2D eigenvalue weighted by molar-refractivity contribution is -0.0912. The van der Waals surface area contributed by atoms with Gasteiger partial charge in [-0.15, -0.1) is 0 Å². The Hall–Kier alpha value is -1.76. The summed E-state index contributed by atoms with van der Waals surface area (Å²) in [7, 11) is 1.95. The van der Waals surface area contributed by atoms with Gasteiger partial charge in [0.2, 0.25) is 0 Å². The molecule has 2 aromatic carbocycles. The zero-order valence-electron chi connectivity index (χ0n) is 20.9. The van der Waals surface area contributed by atoms with Crippen molar-refractivity contribution >= 4 is 0 Å². The summed E-state index contributed by atoms with van der Waals surface area (Å²) >= 11 is 0. The Morgan fingerprint density at radius 3 is 2.00 bits per heavy atom. The predicted molar refractivity (Wildman–Crippen MR) is 137 cm³/mol. The number of aliphatic hydroxyl groups is 1. The van der Waals surface area contributed by atoms with E-state index in [-0.39, 0.29) is 24.4 Å². The van der Waals surface area contributed by atoms with Crippen molar-refractivity contribution in [3.63, 3.8) is 0 Å². The minimum absolute atomic E-state index is 0.00115. The Kier molecular flexibility index (Phi) is 12.1. The summed E-state index contributed by atoms with van der Waals surface area (Å²) in [4.78, 5) is 0. The van der Waals surface area contributed by atoms with E-state index >= 15 is 0 Å². The van der Waals surface area contributed by atoms with Crippen LogP contribution in [0.3, 0.4) is 0 Å². The second kappa shape index (κ2) is 15.3. The van der Waals surface area contributed by atoms with E-state index in [9.17, 15) is 5.11 Å². The molecule has 0 aliphatic heterocycles. The van der Waals surface area contributed by atoms with Crippen LogP contribution in [-0.2, 0) is 27.4 Å². The predicted octanol–water partition coefficient (Wildman–Crippen LogP) is 5.26. The summed E-state index contributed by atoms with van der Waals surface area (Å²) in [6.45, 7) is 3.64. The molecule has 0 bridgehead atoms. The second-order valence-corrected chi connectivity index (χ2v) is 9.37. The van der Waals surface area contributed by atoms with Gasteiger partial charge in [0.05, 0.1) is 44.2 Å². The molecule has 5 unspecified atom stereocenters. The van der Waals surface area contributed by atoms with Crippen molar-refractivity contribution in [1.82, 2.24) is 5.32 Å². The molecule has 1 saturated carbocycles. The normalized spacial score (nSPS) is 23.3. The Bertz CT molecular complexity index is 772. The van der Waals surface area contributed by atoms with Crippen molar-refractivity contribution in [3.05, 3.63) is 71.8 Å². The maximum Gasteiger partial charge on any atom is 0.102 e. The van der Waals surface area contributed by atoms with Crippen LogP contribution in [0.15, 0.2) is 60.7 Å². The summed E-state index contributed by atoms with van der Waals surface area (Å²) < 4.78 is 19.0. The molecule has 1 aliphatic rings. The monoisotopic (exact) mass is 469 g/mol. The highest BCUT2D eigenvalue weighted by Gasteiger charge is 2.45. The summed E-state index contributed by atoms with van der Waals surface area (Å²) in [6, 6.07) is 20.5. The highest BCUT2D eigenvalue weighted by molar-refractivity contribution is 5.14. The molecule has 0 spiro atoms. The standard InChI is InChI=1S/C29H43NO4/c1-3-4-5-6-13-18-25(31)22-34-29-27(33-21-24-16-11-8-12-17-24)19-26(28(29)30-2)32-20-23-14-9-7-10-15-23/h7-12,14-17,25-31H,3-6,13,18-22H2,1-2H3. The van der Waals surface area contributed by atoms with Gasteiger partial charge in [0.25, 0.3) is 0 Å². The van der Waals surface area contributed by atoms with Crippen LogP contribution < -0.4 is 5.32 Å². The minimum Gasteiger partial charge on any atom is -0.391 e. The number of rotatable bonds is 16. The fourth-order valence-electron chi connectivity index (χ4n) is 4.69. The van der Waals surface area contributed by atoms with Crippen LogP contribution in [-0.4, -0.2) is 49.2 Å². The number of ether oxygens (including phenoxy) is 3. The van der Waals surface area contributed by atoms with Crippen molar-refractivity contribution in [2.75, 3.05) is 13.7 Å². The quantitative estimate of drug-likeness (QED) is 0.329. The Balaban J connectivity index is 1.56. The lowest BCUT2D eigenvalue weighted by atomic mass is 10.1. The van der Waals surface area contributed by atoms with Crippen LogP contribution in [0.1, 0.15) is 63.0 Å². The highest BCUT2D eigenvalue weighted by atomic mass is 16.6. The largest absolute Gasteiger partial charge is 0.391 e. The van der Waals surface area contributed by atoms with E-state index in [0.29, 0.717) is 19.8 Å². The van der Waals surface area contributed by atoms with Gasteiger partial charge in [0, 0.05) is 6.42 Å². The smallest absolute Gasteiger partial charge is 0.102 e. The second-order valence-electron chi connectivity index (χ2n) is 9.37. The van der Waals surface area contributed by atoms with Crippen LogP contribution in [0.25, 0.3) is 0 Å². The molecule has 0 radical (unpaired) electrons. The summed E-state index contributed by atoms with van der Waals surface area (Å²) in [5.41, 5.74) is 2.30. The molecule has 5 nitrogen and oxygen atoms in total. The fraction of sp³-hybridized carbons (Fsp3) is 0.586. The van der Waals surface area contributed by atoms with Gasteiger partial charge in [0.15, 0.2) is 0 Å². The number of nitrogens with one attached hydrogen (secondary N) is 1. The molecule has 0 heterocycles. The lowest BCUT2D eigenvalue weighted by Gasteiger charge is -2.27. The average Bonchev–Trinajstić information content (AvgIpc) is 3.22. The number of hydrogen-bond donors (Lipinski definition) is 2. The first kappa shape index (κ1) is 26.8. The van der Waals surface area contributed by atoms with Crippen molar-refractivity contribution in [2.24, 2.45) is 0 Å². The molecular weight excluding hydrogens is 426 g/mol. The van der Waals surface area contributed by atoms with E-state index < -0.39 is 6.10 Å². The van der Waals surface area contributed by atoms with Crippen molar-refractivity contribution < 1.29 is 19.3 Å². The third kappa shape index (κ3) is 8.79. The summed E-state index contributed by atoms with van der Waals surface area (Å²) in [5, 5.41) is 13.9. The van der Waals surface area contributed by atoms with Crippen LogP contribution in [0.2, 0.25) is 0 Å². The van der Waals surface area contributed by atoms with Gasteiger partial charge in [-0.05, 0) is 24.6 Å². The maximum absolute atomic E-state index is 10.5. The minimum atomic E-state index is -0.446. The zero-order chi connectivity index (χ0) is 24.0. The van der Waals surface area contributed by atoms with Crippen molar-refractivity contribution in [1.29, 1.82) is 0 Å². The number of aliphatic hydroxyl groups excluding tert-OH is 1. The van der Waals surface area contributed by atoms with E-state index in [2.05, 4.69) is 36.5 Å². The number of benzene rings is 2. The molecule has 0 aromatic heterocycles. The maximum atomic E-state index is 10.5. The van der Waals surface area contributed by atoms with Gasteiger partial charge in [-0.25, -0.2) is 0 Å². The van der Waals surface area contributed by atoms with E-state index in [1.807, 2.05) is 43.4 Å². The first-order chi connectivity index (χ1) is 16.7. The molecule has 1 fully saturated rings. The SMILES string of the molecule is CCCCCCCC(O)COC1C(OCc2ccccc2)CC(OCc2ccccc2)C1NC. The molecule has 188 valence electrons. The number of unbranched alkanes of at least 4 members (excludes halogenated alkanes) is 4. The number of likely N-dealkylation sites (N-methyl/N-ethyl adjacent to an activating group) is 1. The Labute approximate surface area is 205 Å². The van der Waals surface area contributed by atoms with Gasteiger partial charge < -0.3 is 24.6 Å². The first-order valence-electron chi connectivity index (χ1n) is 13.0. The lowest BCUT2D eigenvalue weighted by Crippen LogP contribution is -2.46. The van der Waals surface area contributed by atoms with Crippen LogP contribution in [0, 0.1) is 0 Å². The molecule has 1 aliphatic carbocycles. The molecule has 5 heteroatoms. The highest BCUT2D eigenvalue weighted by Crippen LogP contribution is 2.30. The van der Waals surface area contributed by atoms with Crippen LogP contribution in [0.4, 0.5) is 0 Å². The van der Waals surface area contributed by atoms with E-state index in [4.69, 9.17) is 14.2 Å². The van der Waals surface area contributed by atoms with Gasteiger partial charge in [-0.3, -0.25) is 0 Å². The average molecular weight is 470 g/mol. The molecule has 0 saturated heterocycles.